The Bertz CT molecular complexity index is 3320. The third kappa shape index (κ3) is 96.7. The fourth-order valence-electron chi connectivity index (χ4n) is 4.84. The molecular weight excluding hydrogens is 1650 g/mol. The molecule has 0 atom stereocenters. The number of azo groups is 1. The van der Waals surface area contributed by atoms with E-state index in [-0.39, 0.29) is 0 Å². The molecule has 0 N–H and O–H groups in total. The Morgan fingerprint density at radius 1 is 0.311 bits per heavy atom. The van der Waals surface area contributed by atoms with Crippen LogP contribution in [-0.4, -0.2) is 175 Å². The molecule has 0 saturated heterocycles. The van der Waals surface area contributed by atoms with Crippen LogP contribution in [0.3, 0.4) is 0 Å². The van der Waals surface area contributed by atoms with Crippen LogP contribution in [0, 0.1) is 0 Å². The number of furan rings is 1. The Kier molecular flexibility index (Phi) is 84.2. The van der Waals surface area contributed by atoms with Gasteiger partial charge in [-0.2, -0.15) is 55.8 Å². The highest BCUT2D eigenvalue weighted by molar-refractivity contribution is 7.08. The molecule has 119 heavy (non-hydrogen) atoms. The molecule has 41 nitrogen and oxygen atoms in total. The van der Waals surface area contributed by atoms with Crippen LogP contribution in [0.2, 0.25) is 0 Å². The highest BCUT2D eigenvalue weighted by Crippen LogP contribution is 1.94. The predicted molar refractivity (Wildman–Crippen MR) is 454 cm³/mol. The lowest BCUT2D eigenvalue weighted by Crippen LogP contribution is -1.69. The van der Waals surface area contributed by atoms with Crippen molar-refractivity contribution in [2.24, 2.45) is 45.9 Å². The number of aromatic nitrogens is 25. The number of pyridine rings is 1. The smallest absolute Gasteiger partial charge is 0.213 e. The molecule has 17 aromatic rings. The molecule has 0 aromatic carbocycles. The molecule has 22 heterocycles. The van der Waals surface area contributed by atoms with Gasteiger partial charge in [-0.15, -0.1) is 58.4 Å². The van der Waals surface area contributed by atoms with Gasteiger partial charge in [-0.25, -0.2) is 28.9 Å². The molecule has 6 aliphatic rings. The maximum Gasteiger partial charge on any atom is 0.213 e. The largest absolute Gasteiger partial charge is 0.473 e. The molecular formula is C72H78N34O7S6. The molecule has 0 amide bonds. The molecule has 17 aromatic heterocycles. The predicted octanol–water partition coefficient (Wildman–Crippen LogP) is 16.0. The fraction of sp³-hybridized carbons (Fsp3) is 0.0833. The first-order chi connectivity index (χ1) is 59.5. The summed E-state index contributed by atoms with van der Waals surface area (Å²) in [6, 6.07) is 22.5. The monoisotopic (exact) mass is 1720 g/mol. The second-order valence-electron chi connectivity index (χ2n) is 17.5. The topological polar surface area (TPSA) is 525 Å². The maximum absolute atomic E-state index is 4.58. The molecule has 0 bridgehead atoms. The van der Waals surface area contributed by atoms with Crippen LogP contribution in [-0.2, 0) is 0 Å². The SMILES string of the molecule is C1=CCC=C1.C1=CCN=C1.C1=CN=CC1.C1=CN=NC1.C1=NN=CC1.C1=NN=NC1.c1ccncc1.c1ccnnc1.c1ccoc1.c1ccsc1.c1cnccn1.c1cncnc1.c1cnoc1.c1cnon1.c1cnsc1.c1cnsn1.c1cocn1.c1conn1.c1cscn1.c1csnn1.c1ncon1.c1nnco1.c1nncs1. The van der Waals surface area contributed by atoms with E-state index < -0.39 is 0 Å². The molecule has 0 radical (unpaired) electrons. The first-order valence-corrected chi connectivity index (χ1v) is 38.4. The number of allylic oxidation sites excluding steroid dienone is 6. The lowest BCUT2D eigenvalue weighted by atomic mass is 10.5. The fourth-order valence-corrected chi connectivity index (χ4v) is 6.81. The van der Waals surface area contributed by atoms with Crippen LogP contribution >= 0.6 is 68.8 Å². The molecule has 0 fully saturated rings. The van der Waals surface area contributed by atoms with Crippen molar-refractivity contribution in [1.82, 2.24) is 124 Å². The molecule has 5 aliphatic heterocycles. The number of hydrogen-bond donors (Lipinski definition) is 0. The van der Waals surface area contributed by atoms with Gasteiger partial charge < -0.3 is 26.8 Å². The quantitative estimate of drug-likeness (QED) is 0.136. The van der Waals surface area contributed by atoms with E-state index in [4.69, 9.17) is 0 Å². The van der Waals surface area contributed by atoms with E-state index in [1.807, 2.05) is 118 Å². The Hall–Kier alpha value is -15.5. The number of nitrogens with zero attached hydrogens (tertiary/aromatic N) is 34. The van der Waals surface area contributed by atoms with E-state index in [1.54, 1.807) is 206 Å². The Balaban J connectivity index is 0.000000622. The number of rotatable bonds is 0. The van der Waals surface area contributed by atoms with Gasteiger partial charge in [0.05, 0.1) is 105 Å². The summed E-state index contributed by atoms with van der Waals surface area (Å²) in [6.07, 6.45) is 80.2. The second-order valence-corrected chi connectivity index (χ2v) is 21.7. The van der Waals surface area contributed by atoms with Gasteiger partial charge >= 0.3 is 0 Å². The second kappa shape index (κ2) is 98.6. The minimum Gasteiger partial charge on any atom is -0.473 e. The van der Waals surface area contributed by atoms with Crippen LogP contribution in [0.1, 0.15) is 19.3 Å². The zero-order valence-corrected chi connectivity index (χ0v) is 67.8. The summed E-state index contributed by atoms with van der Waals surface area (Å²) in [4.78, 5) is 36.9. The average Bonchev–Trinajstić information content (AvgIpc) is 2.58. The average molecular weight is 1720 g/mol. The first kappa shape index (κ1) is 102. The van der Waals surface area contributed by atoms with Gasteiger partial charge in [0.25, 0.3) is 0 Å². The van der Waals surface area contributed by atoms with E-state index in [0.717, 1.165) is 32.4 Å². The third-order valence-corrected chi connectivity index (χ3v) is 12.2. The molecule has 23 rings (SSSR count). The number of thiazole rings is 1. The standard InChI is InChI=1S/C5H5N.C5H6.3C4H4N2.2C4H5N.C4H4O.C4H4S.2C3H4N2.2C3H3NO.2C3H3NS.C2H3N3.4C2H2N2O.3C2H2N2S/c1-2-4-6-5-3-1;1-2-4-5-3-1;1-2-6-4-3-5-1;1-2-5-4-6-3-1;1-2-4-6-5-3-1;6*1-2-4-5-3-1;1-2-5-3-4-1;1-2-4-5-3-1;1-2-5-3-4-1;2*1-2-4-5-3-1;1-3-4-2-5-1;1-3-2-5-4-1;1-2-5-4-3-1;1-2-4-5-3-1;1-3-4-2-5-1;1-2-5-4-3-1;1-2-4-5-3-1/h1-5H;1-4H,5H2;3*1-4H;1,3-4H,2H2;1-3H,4H2;2*1-4H;2-3H,1H2;1-2H,3H2;4*1-3H;1H,2H2;7*1-2H. The molecule has 614 valence electrons. The lowest BCUT2D eigenvalue weighted by molar-refractivity contribution is 0.307. The van der Waals surface area contributed by atoms with Crippen LogP contribution < -0.4 is 0 Å². The summed E-state index contributed by atoms with van der Waals surface area (Å²) in [6.45, 7) is 2.33. The van der Waals surface area contributed by atoms with Crippen molar-refractivity contribution in [3.63, 3.8) is 0 Å². The van der Waals surface area contributed by atoms with Gasteiger partial charge in [0.2, 0.25) is 19.2 Å². The van der Waals surface area contributed by atoms with E-state index in [1.165, 1.54) is 122 Å². The van der Waals surface area contributed by atoms with Crippen LogP contribution in [0.4, 0.5) is 0 Å². The van der Waals surface area contributed by atoms with Crippen LogP contribution in [0.5, 0.6) is 0 Å². The summed E-state index contributed by atoms with van der Waals surface area (Å²) in [5.74, 6) is 0. The van der Waals surface area contributed by atoms with Gasteiger partial charge in [0.15, 0.2) is 12.7 Å². The minimum absolute atomic E-state index is 0.667. The lowest BCUT2D eigenvalue weighted by Gasteiger charge is -1.70. The van der Waals surface area contributed by atoms with Crippen LogP contribution in [0.25, 0.3) is 0 Å². The number of thiophene rings is 1. The zero-order valence-electron chi connectivity index (χ0n) is 62.9. The van der Waals surface area contributed by atoms with Gasteiger partial charge in [-0.3, -0.25) is 29.9 Å². The van der Waals surface area contributed by atoms with Crippen molar-refractivity contribution in [3.8, 4) is 0 Å². The number of oxazole rings is 1. The van der Waals surface area contributed by atoms with E-state index >= 15 is 0 Å². The molecule has 0 spiro atoms. The summed E-state index contributed by atoms with van der Waals surface area (Å²) in [5.41, 5.74) is 5.15. The normalized spacial score (nSPS) is 10.4. The van der Waals surface area contributed by atoms with Gasteiger partial charge in [-0.1, -0.05) is 79.8 Å². The highest BCUT2D eigenvalue weighted by Gasteiger charge is 1.79. The zero-order chi connectivity index (χ0) is 84.1. The Morgan fingerprint density at radius 2 is 1.06 bits per heavy atom. The Labute approximate surface area is 706 Å². The summed E-state index contributed by atoms with van der Waals surface area (Å²) < 4.78 is 44.9. The Morgan fingerprint density at radius 3 is 1.25 bits per heavy atom. The van der Waals surface area contributed by atoms with E-state index in [9.17, 15) is 0 Å². The minimum atomic E-state index is 0.667. The summed E-state index contributed by atoms with van der Waals surface area (Å²) in [7, 11) is 0. The van der Waals surface area contributed by atoms with E-state index in [0.29, 0.717) is 6.54 Å². The summed E-state index contributed by atoms with van der Waals surface area (Å²) in [5, 5.41) is 77.7. The molecule has 47 heteroatoms. The number of aliphatic imine (C=N–C) groups is 2. The van der Waals surface area contributed by atoms with Crippen molar-refractivity contribution in [1.29, 1.82) is 0 Å². The van der Waals surface area contributed by atoms with Crippen molar-refractivity contribution in [2.45, 2.75) is 19.3 Å². The third-order valence-electron chi connectivity index (χ3n) is 9.20. The van der Waals surface area contributed by atoms with Crippen molar-refractivity contribution >= 4 is 99.9 Å². The highest BCUT2D eigenvalue weighted by atomic mass is 32.1. The molecule has 0 unspecified atom stereocenters. The van der Waals surface area contributed by atoms with E-state index in [2.05, 4.69) is 226 Å². The van der Waals surface area contributed by atoms with Crippen LogP contribution in [0.15, 0.2) is 448 Å². The molecule has 0 saturated carbocycles. The first-order valence-electron chi connectivity index (χ1n) is 33.2. The molecule has 1 aliphatic carbocycles. The maximum atomic E-state index is 4.58. The van der Waals surface area contributed by atoms with Crippen molar-refractivity contribution in [2.75, 3.05) is 19.6 Å². The van der Waals surface area contributed by atoms with Crippen molar-refractivity contribution < 1.29 is 31.4 Å². The number of hydrogen-bond acceptors (Lipinski definition) is 47. The van der Waals surface area contributed by atoms with Gasteiger partial charge in [-0.05, 0) is 112 Å². The van der Waals surface area contributed by atoms with Gasteiger partial charge in [0, 0.05) is 146 Å². The summed E-state index contributed by atoms with van der Waals surface area (Å²) >= 11 is 8.83. The van der Waals surface area contributed by atoms with Gasteiger partial charge in [0.1, 0.15) is 36.1 Å². The van der Waals surface area contributed by atoms with Crippen molar-refractivity contribution in [3.05, 3.63) is 371 Å².